The lowest BCUT2D eigenvalue weighted by Gasteiger charge is -2.32. The lowest BCUT2D eigenvalue weighted by Crippen LogP contribution is -2.40. The smallest absolute Gasteiger partial charge is 0.222 e. The zero-order chi connectivity index (χ0) is 14.4. The number of piperidine rings is 1. The second-order valence-corrected chi connectivity index (χ2v) is 6.00. The number of nitrogens with zero attached hydrogens (tertiary/aromatic N) is 1. The molecule has 0 radical (unpaired) electrons. The molecule has 4 heteroatoms. The maximum atomic E-state index is 12.2. The predicted octanol–water partition coefficient (Wildman–Crippen LogP) is 3.26. The molecule has 1 unspecified atom stereocenters. The van der Waals surface area contributed by atoms with E-state index < -0.39 is 0 Å². The molecule has 1 aromatic rings. The summed E-state index contributed by atoms with van der Waals surface area (Å²) >= 11 is 3.53. The first-order valence-corrected chi connectivity index (χ1v) is 8.31. The van der Waals surface area contributed by atoms with Gasteiger partial charge in [0.2, 0.25) is 5.91 Å². The Kier molecular flexibility index (Phi) is 5.89. The maximum Gasteiger partial charge on any atom is 0.222 e. The molecule has 0 N–H and O–H groups in total. The van der Waals surface area contributed by atoms with Gasteiger partial charge in [-0.15, -0.1) is 0 Å². The Morgan fingerprint density at radius 1 is 1.40 bits per heavy atom. The monoisotopic (exact) mass is 339 g/mol. The van der Waals surface area contributed by atoms with Crippen LogP contribution >= 0.6 is 15.9 Å². The van der Waals surface area contributed by atoms with E-state index in [1.807, 2.05) is 29.2 Å². The van der Waals surface area contributed by atoms with Crippen molar-refractivity contribution in [3.63, 3.8) is 0 Å². The highest BCUT2D eigenvalue weighted by atomic mass is 79.9. The minimum absolute atomic E-state index is 0.284. The van der Waals surface area contributed by atoms with Gasteiger partial charge in [0, 0.05) is 24.8 Å². The summed E-state index contributed by atoms with van der Waals surface area (Å²) in [7, 11) is 1.66. The molecule has 1 heterocycles. The van der Waals surface area contributed by atoms with Gasteiger partial charge < -0.3 is 9.64 Å². The van der Waals surface area contributed by atoms with E-state index in [1.54, 1.807) is 7.11 Å². The molecule has 1 amide bonds. The summed E-state index contributed by atoms with van der Waals surface area (Å²) in [6.07, 6.45) is 3.76. The summed E-state index contributed by atoms with van der Waals surface area (Å²) in [6, 6.07) is 7.95. The fraction of sp³-hybridized carbons (Fsp3) is 0.562. The van der Waals surface area contributed by atoms with Crippen LogP contribution in [0.4, 0.5) is 0 Å². The van der Waals surface area contributed by atoms with Gasteiger partial charge in [0.25, 0.3) is 0 Å². The van der Waals surface area contributed by atoms with Crippen LogP contribution in [0.5, 0.6) is 5.75 Å². The van der Waals surface area contributed by atoms with E-state index in [1.165, 1.54) is 12.0 Å². The fourth-order valence-electron chi connectivity index (χ4n) is 2.62. The third kappa shape index (κ3) is 4.23. The van der Waals surface area contributed by atoms with E-state index in [0.717, 1.165) is 37.0 Å². The first kappa shape index (κ1) is 15.4. The number of rotatable bonds is 5. The first-order chi connectivity index (χ1) is 9.72. The van der Waals surface area contributed by atoms with E-state index in [9.17, 15) is 4.79 Å². The quantitative estimate of drug-likeness (QED) is 0.770. The molecule has 2 rings (SSSR count). The maximum absolute atomic E-state index is 12.2. The largest absolute Gasteiger partial charge is 0.497 e. The number of likely N-dealkylation sites (tertiary alicyclic amines) is 1. The second-order valence-electron chi connectivity index (χ2n) is 5.35. The van der Waals surface area contributed by atoms with Crippen LogP contribution in [0.3, 0.4) is 0 Å². The number of hydrogen-bond donors (Lipinski definition) is 0. The van der Waals surface area contributed by atoms with Gasteiger partial charge in [0.15, 0.2) is 0 Å². The Labute approximate surface area is 129 Å². The van der Waals surface area contributed by atoms with Crippen molar-refractivity contribution in [3.8, 4) is 5.75 Å². The Bertz CT molecular complexity index is 433. The lowest BCUT2D eigenvalue weighted by atomic mass is 9.99. The predicted molar refractivity (Wildman–Crippen MR) is 84.4 cm³/mol. The Morgan fingerprint density at radius 3 is 2.80 bits per heavy atom. The molecule has 0 saturated carbocycles. The molecule has 1 saturated heterocycles. The van der Waals surface area contributed by atoms with Crippen molar-refractivity contribution < 1.29 is 9.53 Å². The molecular weight excluding hydrogens is 318 g/mol. The molecule has 0 spiro atoms. The zero-order valence-electron chi connectivity index (χ0n) is 12.0. The van der Waals surface area contributed by atoms with Crippen molar-refractivity contribution in [2.75, 3.05) is 25.5 Å². The Hall–Kier alpha value is -1.03. The topological polar surface area (TPSA) is 29.5 Å². The summed E-state index contributed by atoms with van der Waals surface area (Å²) < 4.78 is 5.13. The fourth-order valence-corrected chi connectivity index (χ4v) is 3.15. The number of carbonyl (C=O) groups excluding carboxylic acids is 1. The van der Waals surface area contributed by atoms with Gasteiger partial charge >= 0.3 is 0 Å². The van der Waals surface area contributed by atoms with E-state index in [-0.39, 0.29) is 5.91 Å². The highest BCUT2D eigenvalue weighted by Crippen LogP contribution is 2.19. The summed E-state index contributed by atoms with van der Waals surface area (Å²) in [5, 5.41) is 0.995. The number of methoxy groups -OCH3 is 1. The lowest BCUT2D eigenvalue weighted by molar-refractivity contribution is -0.132. The van der Waals surface area contributed by atoms with Crippen LogP contribution in [0.15, 0.2) is 24.3 Å². The summed E-state index contributed by atoms with van der Waals surface area (Å²) in [5.74, 6) is 1.76. The standard InChI is InChI=1S/C16H22BrNO2/c1-20-15-7-4-13(5-8-15)6-9-16(19)18-10-2-3-14(11-17)12-18/h4-5,7-8,14H,2-3,6,9-12H2,1H3. The van der Waals surface area contributed by atoms with Crippen molar-refractivity contribution in [1.82, 2.24) is 4.90 Å². The zero-order valence-corrected chi connectivity index (χ0v) is 13.6. The molecule has 0 aliphatic carbocycles. The minimum Gasteiger partial charge on any atom is -0.497 e. The highest BCUT2D eigenvalue weighted by molar-refractivity contribution is 9.09. The second kappa shape index (κ2) is 7.67. The molecule has 1 aromatic carbocycles. The third-order valence-electron chi connectivity index (χ3n) is 3.88. The molecule has 110 valence electrons. The van der Waals surface area contributed by atoms with Crippen LogP contribution in [-0.2, 0) is 11.2 Å². The van der Waals surface area contributed by atoms with Gasteiger partial charge in [-0.3, -0.25) is 4.79 Å². The van der Waals surface area contributed by atoms with E-state index in [0.29, 0.717) is 12.3 Å². The molecule has 1 aliphatic heterocycles. The van der Waals surface area contributed by atoms with Crippen LogP contribution in [-0.4, -0.2) is 36.3 Å². The number of alkyl halides is 1. The normalized spacial score (nSPS) is 18.9. The molecule has 1 atom stereocenters. The molecule has 3 nitrogen and oxygen atoms in total. The van der Waals surface area contributed by atoms with Gasteiger partial charge in [0.1, 0.15) is 5.75 Å². The Morgan fingerprint density at radius 2 is 2.15 bits per heavy atom. The molecule has 0 bridgehead atoms. The number of halogens is 1. The number of hydrogen-bond acceptors (Lipinski definition) is 2. The van der Waals surface area contributed by atoms with Gasteiger partial charge in [-0.25, -0.2) is 0 Å². The van der Waals surface area contributed by atoms with E-state index in [2.05, 4.69) is 15.9 Å². The van der Waals surface area contributed by atoms with Crippen LogP contribution in [0.1, 0.15) is 24.8 Å². The van der Waals surface area contributed by atoms with Crippen molar-refractivity contribution in [2.24, 2.45) is 5.92 Å². The van der Waals surface area contributed by atoms with Gasteiger partial charge in [-0.05, 0) is 42.9 Å². The molecule has 1 aliphatic rings. The first-order valence-electron chi connectivity index (χ1n) is 7.19. The Balaban J connectivity index is 1.81. The summed E-state index contributed by atoms with van der Waals surface area (Å²) in [5.41, 5.74) is 1.19. The van der Waals surface area contributed by atoms with Crippen LogP contribution in [0, 0.1) is 5.92 Å². The average molecular weight is 340 g/mol. The van der Waals surface area contributed by atoms with E-state index in [4.69, 9.17) is 4.74 Å². The number of carbonyl (C=O) groups is 1. The van der Waals surface area contributed by atoms with Crippen LogP contribution in [0.2, 0.25) is 0 Å². The van der Waals surface area contributed by atoms with E-state index >= 15 is 0 Å². The van der Waals surface area contributed by atoms with Crippen LogP contribution in [0.25, 0.3) is 0 Å². The van der Waals surface area contributed by atoms with Crippen molar-refractivity contribution >= 4 is 21.8 Å². The van der Waals surface area contributed by atoms with Crippen molar-refractivity contribution in [3.05, 3.63) is 29.8 Å². The SMILES string of the molecule is COc1ccc(CCC(=O)N2CCCC(CBr)C2)cc1. The number of benzene rings is 1. The van der Waals surface area contributed by atoms with Crippen LogP contribution < -0.4 is 4.74 Å². The average Bonchev–Trinajstić information content (AvgIpc) is 2.53. The van der Waals surface area contributed by atoms with Gasteiger partial charge in [-0.1, -0.05) is 28.1 Å². The number of ether oxygens (including phenoxy) is 1. The molecule has 0 aromatic heterocycles. The highest BCUT2D eigenvalue weighted by Gasteiger charge is 2.22. The summed E-state index contributed by atoms with van der Waals surface area (Å²) in [6.45, 7) is 1.83. The van der Waals surface area contributed by atoms with Crippen molar-refractivity contribution in [2.45, 2.75) is 25.7 Å². The number of amides is 1. The number of aryl methyl sites for hydroxylation is 1. The molecule has 20 heavy (non-hydrogen) atoms. The van der Waals surface area contributed by atoms with Crippen molar-refractivity contribution in [1.29, 1.82) is 0 Å². The molecule has 1 fully saturated rings. The van der Waals surface area contributed by atoms with Gasteiger partial charge in [-0.2, -0.15) is 0 Å². The van der Waals surface area contributed by atoms with Gasteiger partial charge in [0.05, 0.1) is 7.11 Å². The summed E-state index contributed by atoms with van der Waals surface area (Å²) in [4.78, 5) is 14.3. The molecular formula is C16H22BrNO2. The third-order valence-corrected chi connectivity index (χ3v) is 4.79. The minimum atomic E-state index is 0.284.